The Morgan fingerprint density at radius 1 is 1.19 bits per heavy atom. The lowest BCUT2D eigenvalue weighted by molar-refractivity contribution is 0.463. The lowest BCUT2D eigenvalue weighted by Gasteiger charge is -2.10. The van der Waals surface area contributed by atoms with E-state index in [4.69, 9.17) is 4.42 Å². The molecule has 0 saturated heterocycles. The Hall–Kier alpha value is -2.43. The zero-order valence-electron chi connectivity index (χ0n) is 15.6. The summed E-state index contributed by atoms with van der Waals surface area (Å²) in [5, 5.41) is 14.6. The largest absolute Gasteiger partial charge is 0.444 e. The molecule has 0 fully saturated rings. The summed E-state index contributed by atoms with van der Waals surface area (Å²) in [4.78, 5) is 8.96. The molecule has 0 amide bonds. The number of benzene rings is 1. The number of nitrogens with one attached hydrogen (secondary N) is 2. The molecule has 0 atom stereocenters. The predicted molar refractivity (Wildman–Crippen MR) is 114 cm³/mol. The number of aromatic nitrogens is 4. The highest BCUT2D eigenvalue weighted by Crippen LogP contribution is 2.10. The summed E-state index contributed by atoms with van der Waals surface area (Å²) in [5.41, 5.74) is 1.91. The van der Waals surface area contributed by atoms with E-state index in [1.807, 2.05) is 55.7 Å². The Morgan fingerprint density at radius 2 is 1.96 bits per heavy atom. The lowest BCUT2D eigenvalue weighted by Crippen LogP contribution is -2.37. The summed E-state index contributed by atoms with van der Waals surface area (Å²) in [6.07, 6.45) is 1.69. The van der Waals surface area contributed by atoms with Gasteiger partial charge in [-0.15, -0.1) is 34.2 Å². The number of hydrogen-bond acceptors (Lipinski definition) is 5. The molecule has 0 aliphatic heterocycles. The molecule has 0 saturated carbocycles. The van der Waals surface area contributed by atoms with E-state index in [-0.39, 0.29) is 24.0 Å². The highest BCUT2D eigenvalue weighted by Gasteiger charge is 2.08. The topological polar surface area (TPSA) is 93.2 Å². The molecule has 8 nitrogen and oxygen atoms in total. The fourth-order valence-electron chi connectivity index (χ4n) is 2.44. The zero-order valence-corrected chi connectivity index (χ0v) is 18.0. The monoisotopic (exact) mass is 481 g/mol. The number of oxazole rings is 1. The lowest BCUT2D eigenvalue weighted by atomic mass is 10.3. The van der Waals surface area contributed by atoms with Gasteiger partial charge in [0.1, 0.15) is 18.6 Å². The molecule has 0 aliphatic carbocycles. The molecular formula is C18H24IN7O. The van der Waals surface area contributed by atoms with Crippen LogP contribution < -0.4 is 10.6 Å². The van der Waals surface area contributed by atoms with Crippen molar-refractivity contribution in [2.75, 3.05) is 6.54 Å². The standard InChI is InChI=1S/C18H23N7O.HI/c1-4-19-18(21-11-17-23-13(2)14(3)26-17)20-10-16-24-22-12-25(16)15-8-6-5-7-9-15;/h5-9,12H,4,10-11H2,1-3H3,(H2,19,20,21);1H. The Balaban J connectivity index is 0.00000261. The molecular weight excluding hydrogens is 457 g/mol. The van der Waals surface area contributed by atoms with E-state index in [1.54, 1.807) is 6.33 Å². The smallest absolute Gasteiger partial charge is 0.214 e. The maximum atomic E-state index is 5.59. The normalized spacial score (nSPS) is 11.1. The van der Waals surface area contributed by atoms with Crippen LogP contribution in [0.2, 0.25) is 0 Å². The second-order valence-electron chi connectivity index (χ2n) is 5.75. The highest BCUT2D eigenvalue weighted by molar-refractivity contribution is 14.0. The van der Waals surface area contributed by atoms with Crippen LogP contribution in [0.3, 0.4) is 0 Å². The first-order valence-electron chi connectivity index (χ1n) is 8.56. The zero-order chi connectivity index (χ0) is 18.4. The van der Waals surface area contributed by atoms with Crippen molar-refractivity contribution in [2.45, 2.75) is 33.9 Å². The predicted octanol–water partition coefficient (Wildman–Crippen LogP) is 2.75. The van der Waals surface area contributed by atoms with Gasteiger partial charge >= 0.3 is 0 Å². The van der Waals surface area contributed by atoms with Crippen LogP contribution in [0.15, 0.2) is 46.1 Å². The number of aliphatic imine (C=N–C) groups is 1. The molecule has 2 N–H and O–H groups in total. The van der Waals surface area contributed by atoms with E-state index in [9.17, 15) is 0 Å². The van der Waals surface area contributed by atoms with Crippen molar-refractivity contribution in [1.29, 1.82) is 0 Å². The maximum absolute atomic E-state index is 5.59. The van der Waals surface area contributed by atoms with E-state index in [0.29, 0.717) is 24.9 Å². The van der Waals surface area contributed by atoms with Gasteiger partial charge in [-0.2, -0.15) is 0 Å². The van der Waals surface area contributed by atoms with Crippen molar-refractivity contribution < 1.29 is 4.42 Å². The number of hydrogen-bond donors (Lipinski definition) is 2. The Bertz CT molecular complexity index is 853. The van der Waals surface area contributed by atoms with Crippen molar-refractivity contribution in [3.63, 3.8) is 0 Å². The second kappa shape index (κ2) is 10.0. The molecule has 9 heteroatoms. The Morgan fingerprint density at radius 3 is 2.63 bits per heavy atom. The Kier molecular flexibility index (Phi) is 7.77. The molecule has 3 rings (SSSR count). The first-order valence-corrected chi connectivity index (χ1v) is 8.56. The van der Waals surface area contributed by atoms with Crippen molar-refractivity contribution in [3.05, 3.63) is 59.8 Å². The van der Waals surface area contributed by atoms with Gasteiger partial charge in [0.2, 0.25) is 5.89 Å². The van der Waals surface area contributed by atoms with E-state index in [0.717, 1.165) is 29.5 Å². The van der Waals surface area contributed by atoms with Gasteiger partial charge in [-0.05, 0) is 32.9 Å². The molecule has 0 unspecified atom stereocenters. The molecule has 2 heterocycles. The van der Waals surface area contributed by atoms with Crippen molar-refractivity contribution in [1.82, 2.24) is 30.4 Å². The summed E-state index contributed by atoms with van der Waals surface area (Å²) in [7, 11) is 0. The average Bonchev–Trinajstić information content (AvgIpc) is 3.25. The first-order chi connectivity index (χ1) is 12.7. The van der Waals surface area contributed by atoms with Crippen LogP contribution in [0.25, 0.3) is 5.69 Å². The summed E-state index contributed by atoms with van der Waals surface area (Å²) < 4.78 is 7.51. The van der Waals surface area contributed by atoms with Crippen LogP contribution in [0.4, 0.5) is 0 Å². The molecule has 0 radical (unpaired) electrons. The van der Waals surface area contributed by atoms with E-state index < -0.39 is 0 Å². The van der Waals surface area contributed by atoms with E-state index in [1.165, 1.54) is 0 Å². The van der Waals surface area contributed by atoms with Crippen molar-refractivity contribution >= 4 is 29.9 Å². The van der Waals surface area contributed by atoms with Crippen LogP contribution in [0, 0.1) is 13.8 Å². The van der Waals surface area contributed by atoms with Gasteiger partial charge in [0.15, 0.2) is 11.8 Å². The van der Waals surface area contributed by atoms with Crippen molar-refractivity contribution in [3.8, 4) is 5.69 Å². The minimum atomic E-state index is 0. The van der Waals surface area contributed by atoms with Gasteiger partial charge in [0, 0.05) is 12.2 Å². The second-order valence-corrected chi connectivity index (χ2v) is 5.75. The van der Waals surface area contributed by atoms with E-state index in [2.05, 4.69) is 30.8 Å². The molecule has 1 aromatic carbocycles. The van der Waals surface area contributed by atoms with Crippen LogP contribution in [-0.2, 0) is 13.1 Å². The third-order valence-corrected chi connectivity index (χ3v) is 3.86. The minimum absolute atomic E-state index is 0. The summed E-state index contributed by atoms with van der Waals surface area (Å²) in [6.45, 7) is 7.46. The molecule has 3 aromatic rings. The summed E-state index contributed by atoms with van der Waals surface area (Å²) >= 11 is 0. The number of para-hydroxylation sites is 1. The fraction of sp³-hybridized carbons (Fsp3) is 0.333. The summed E-state index contributed by atoms with van der Waals surface area (Å²) in [5.74, 6) is 2.90. The van der Waals surface area contributed by atoms with Crippen LogP contribution in [0.5, 0.6) is 0 Å². The van der Waals surface area contributed by atoms with E-state index >= 15 is 0 Å². The van der Waals surface area contributed by atoms with Gasteiger partial charge in [0.05, 0.1) is 12.2 Å². The molecule has 0 bridgehead atoms. The number of aryl methyl sites for hydroxylation is 2. The van der Waals surface area contributed by atoms with Crippen molar-refractivity contribution in [2.24, 2.45) is 4.99 Å². The number of rotatable bonds is 6. The number of halogens is 1. The average molecular weight is 481 g/mol. The van der Waals surface area contributed by atoms with Gasteiger partial charge in [-0.3, -0.25) is 4.57 Å². The Labute approximate surface area is 175 Å². The van der Waals surface area contributed by atoms with Gasteiger partial charge < -0.3 is 15.1 Å². The molecule has 27 heavy (non-hydrogen) atoms. The SMILES string of the molecule is CCNC(=NCc1nncn1-c1ccccc1)NCc1nc(C)c(C)o1.I. The summed E-state index contributed by atoms with van der Waals surface area (Å²) in [6, 6.07) is 9.95. The van der Waals surface area contributed by atoms with Crippen LogP contribution in [-0.4, -0.2) is 32.3 Å². The molecule has 144 valence electrons. The first kappa shape index (κ1) is 20.9. The molecule has 2 aromatic heterocycles. The van der Waals surface area contributed by atoms with Gasteiger partial charge in [-0.1, -0.05) is 18.2 Å². The maximum Gasteiger partial charge on any atom is 0.214 e. The minimum Gasteiger partial charge on any atom is -0.444 e. The third kappa shape index (κ3) is 5.52. The number of guanidine groups is 1. The molecule has 0 spiro atoms. The van der Waals surface area contributed by atoms with Crippen LogP contribution in [0.1, 0.15) is 30.1 Å². The molecule has 0 aliphatic rings. The quantitative estimate of drug-likeness (QED) is 0.320. The highest BCUT2D eigenvalue weighted by atomic mass is 127. The number of nitrogens with zero attached hydrogens (tertiary/aromatic N) is 5. The van der Waals surface area contributed by atoms with Gasteiger partial charge in [0.25, 0.3) is 0 Å². The third-order valence-electron chi connectivity index (χ3n) is 3.86. The van der Waals surface area contributed by atoms with Crippen LogP contribution >= 0.6 is 24.0 Å². The fourth-order valence-corrected chi connectivity index (χ4v) is 2.44. The van der Waals surface area contributed by atoms with Gasteiger partial charge in [-0.25, -0.2) is 9.98 Å².